The molecule has 2 rings (SSSR count). The van der Waals surface area contributed by atoms with Crippen LogP contribution in [0.25, 0.3) is 0 Å². The van der Waals surface area contributed by atoms with E-state index in [2.05, 4.69) is 5.32 Å². The molecule has 0 aliphatic rings. The lowest BCUT2D eigenvalue weighted by Gasteiger charge is -2.27. The smallest absolute Gasteiger partial charge is 0.266 e. The first kappa shape index (κ1) is 19.7. The van der Waals surface area contributed by atoms with Gasteiger partial charge in [0.1, 0.15) is 5.75 Å². The summed E-state index contributed by atoms with van der Waals surface area (Å²) in [5.74, 6) is -0.105. The largest absolute Gasteiger partial charge is 0.495 e. The van der Waals surface area contributed by atoms with Crippen molar-refractivity contribution in [2.45, 2.75) is 13.5 Å². The molecule has 0 bridgehead atoms. The van der Waals surface area contributed by atoms with Gasteiger partial charge in [0, 0.05) is 25.7 Å². The lowest BCUT2D eigenvalue weighted by Crippen LogP contribution is -2.29. The third kappa shape index (κ3) is 6.05. The molecule has 7 nitrogen and oxygen atoms in total. The minimum absolute atomic E-state index is 0.0631. The zero-order valence-corrected chi connectivity index (χ0v) is 15.5. The van der Waals surface area contributed by atoms with Crippen LogP contribution in [0.5, 0.6) is 5.75 Å². The van der Waals surface area contributed by atoms with Crippen molar-refractivity contribution >= 4 is 27.4 Å². The topological polar surface area (TPSA) is 95.9 Å². The highest BCUT2D eigenvalue weighted by atomic mass is 32.2. The fraction of sp³-hybridized carbons (Fsp3) is 0.278. The second-order valence-corrected chi connectivity index (χ2v) is 7.33. The van der Waals surface area contributed by atoms with Gasteiger partial charge < -0.3 is 15.0 Å². The second-order valence-electron chi connectivity index (χ2n) is 5.76. The van der Waals surface area contributed by atoms with Crippen LogP contribution in [0.1, 0.15) is 12.5 Å². The molecule has 1 amide bonds. The van der Waals surface area contributed by atoms with Crippen LogP contribution in [0.15, 0.2) is 48.5 Å². The van der Waals surface area contributed by atoms with Crippen LogP contribution in [0.2, 0.25) is 0 Å². The number of benzene rings is 2. The first-order chi connectivity index (χ1) is 12.3. The van der Waals surface area contributed by atoms with Gasteiger partial charge in [-0.1, -0.05) is 30.3 Å². The van der Waals surface area contributed by atoms with E-state index < -0.39 is 15.9 Å². The Labute approximate surface area is 153 Å². The summed E-state index contributed by atoms with van der Waals surface area (Å²) in [5.41, 5.74) is 2.15. The van der Waals surface area contributed by atoms with Gasteiger partial charge in [0.15, 0.2) is 0 Å². The van der Waals surface area contributed by atoms with E-state index in [4.69, 9.17) is 9.29 Å². The molecular formula is C18H22N2O5S. The molecule has 0 spiro atoms. The number of carbonyl (C=O) groups is 1. The van der Waals surface area contributed by atoms with Gasteiger partial charge in [-0.25, -0.2) is 0 Å². The minimum Gasteiger partial charge on any atom is -0.495 e. The van der Waals surface area contributed by atoms with E-state index in [9.17, 15) is 13.2 Å². The van der Waals surface area contributed by atoms with Gasteiger partial charge in [-0.2, -0.15) is 8.42 Å². The normalized spacial score (nSPS) is 11.0. The van der Waals surface area contributed by atoms with Crippen LogP contribution in [0, 0.1) is 0 Å². The highest BCUT2D eigenvalue weighted by Crippen LogP contribution is 2.32. The number of amides is 1. The third-order valence-corrected chi connectivity index (χ3v) is 4.37. The van der Waals surface area contributed by atoms with Crippen LogP contribution in [-0.4, -0.2) is 38.3 Å². The number of rotatable bonds is 8. The summed E-state index contributed by atoms with van der Waals surface area (Å²) in [4.78, 5) is 13.1. The number of ether oxygens (including phenoxy) is 1. The van der Waals surface area contributed by atoms with Crippen molar-refractivity contribution in [3.63, 3.8) is 0 Å². The standard InChI is InChI=1S/C18H22N2O5S/c1-14(21)19-16-8-9-18(25-2)17(12-16)20(10-11-26(22,23)24)13-15-6-4-3-5-7-15/h3-9,12H,10-11,13H2,1-2H3,(H,19,21)(H,22,23,24). The third-order valence-electron chi connectivity index (χ3n) is 3.68. The van der Waals surface area contributed by atoms with E-state index in [1.807, 2.05) is 30.3 Å². The van der Waals surface area contributed by atoms with Crippen LogP contribution in [0.4, 0.5) is 11.4 Å². The van der Waals surface area contributed by atoms with E-state index in [0.717, 1.165) is 5.56 Å². The van der Waals surface area contributed by atoms with Crippen molar-refractivity contribution in [1.82, 2.24) is 0 Å². The summed E-state index contributed by atoms with van der Waals surface area (Å²) in [6, 6.07) is 14.6. The molecule has 0 aromatic heterocycles. The molecule has 2 N–H and O–H groups in total. The van der Waals surface area contributed by atoms with E-state index in [1.165, 1.54) is 14.0 Å². The maximum Gasteiger partial charge on any atom is 0.266 e. The number of anilines is 2. The van der Waals surface area contributed by atoms with Crippen LogP contribution in [-0.2, 0) is 21.5 Å². The highest BCUT2D eigenvalue weighted by Gasteiger charge is 2.17. The summed E-state index contributed by atoms with van der Waals surface area (Å²) >= 11 is 0. The Hall–Kier alpha value is -2.58. The molecule has 0 unspecified atom stereocenters. The molecule has 140 valence electrons. The first-order valence-electron chi connectivity index (χ1n) is 7.98. The SMILES string of the molecule is COc1ccc(NC(C)=O)cc1N(CCS(=O)(=O)O)Cc1ccccc1. The van der Waals surface area contributed by atoms with Crippen LogP contribution in [0.3, 0.4) is 0 Å². The molecule has 2 aromatic rings. The number of nitrogens with zero attached hydrogens (tertiary/aromatic N) is 1. The lowest BCUT2D eigenvalue weighted by molar-refractivity contribution is -0.114. The van der Waals surface area contributed by atoms with E-state index >= 15 is 0 Å². The molecule has 0 radical (unpaired) electrons. The van der Waals surface area contributed by atoms with Crippen molar-refractivity contribution in [3.8, 4) is 5.75 Å². The molecule has 2 aromatic carbocycles. The molecule has 0 saturated heterocycles. The molecule has 26 heavy (non-hydrogen) atoms. The second kappa shape index (κ2) is 8.68. The fourth-order valence-corrected chi connectivity index (χ4v) is 2.98. The average molecular weight is 378 g/mol. The molecule has 8 heteroatoms. The molecule has 0 aliphatic carbocycles. The number of hydrogen-bond donors (Lipinski definition) is 2. The van der Waals surface area contributed by atoms with Crippen LogP contribution < -0.4 is 15.0 Å². The molecule has 0 heterocycles. The van der Waals surface area contributed by atoms with Crippen molar-refractivity contribution in [3.05, 3.63) is 54.1 Å². The molecule has 0 fully saturated rings. The number of hydrogen-bond acceptors (Lipinski definition) is 5. The number of carbonyl (C=O) groups excluding carboxylic acids is 1. The summed E-state index contributed by atoms with van der Waals surface area (Å²) in [7, 11) is -2.61. The van der Waals surface area contributed by atoms with Crippen molar-refractivity contribution in [2.24, 2.45) is 0 Å². The summed E-state index contributed by atoms with van der Waals surface area (Å²) in [5, 5.41) is 2.70. The molecule has 0 aliphatic heterocycles. The summed E-state index contributed by atoms with van der Waals surface area (Å²) in [6.07, 6.45) is 0. The van der Waals surface area contributed by atoms with E-state index in [0.29, 0.717) is 23.7 Å². The first-order valence-corrected chi connectivity index (χ1v) is 9.59. The maximum absolute atomic E-state index is 11.3. The maximum atomic E-state index is 11.3. The zero-order chi connectivity index (χ0) is 19.2. The Morgan fingerprint density at radius 3 is 2.46 bits per heavy atom. The van der Waals surface area contributed by atoms with Crippen molar-refractivity contribution in [2.75, 3.05) is 29.6 Å². The van der Waals surface area contributed by atoms with Gasteiger partial charge in [0.05, 0.1) is 18.6 Å². The zero-order valence-electron chi connectivity index (χ0n) is 14.7. The summed E-state index contributed by atoms with van der Waals surface area (Å²) < 4.78 is 37.0. The van der Waals surface area contributed by atoms with Crippen LogP contribution >= 0.6 is 0 Å². The fourth-order valence-electron chi connectivity index (χ4n) is 2.53. The van der Waals surface area contributed by atoms with Gasteiger partial charge in [-0.3, -0.25) is 9.35 Å². The monoisotopic (exact) mass is 378 g/mol. The number of nitrogens with one attached hydrogen (secondary N) is 1. The van der Waals surface area contributed by atoms with Gasteiger partial charge >= 0.3 is 0 Å². The van der Waals surface area contributed by atoms with Gasteiger partial charge in [0.2, 0.25) is 5.91 Å². The van der Waals surface area contributed by atoms with Gasteiger partial charge in [-0.15, -0.1) is 0 Å². The quantitative estimate of drug-likeness (QED) is 0.686. The van der Waals surface area contributed by atoms with Gasteiger partial charge in [-0.05, 0) is 23.8 Å². The Morgan fingerprint density at radius 2 is 1.88 bits per heavy atom. The Morgan fingerprint density at radius 1 is 1.19 bits per heavy atom. The molecule has 0 saturated carbocycles. The average Bonchev–Trinajstić information content (AvgIpc) is 2.58. The molecule has 0 atom stereocenters. The minimum atomic E-state index is -4.12. The Kier molecular flexibility index (Phi) is 6.59. The lowest BCUT2D eigenvalue weighted by atomic mass is 10.1. The summed E-state index contributed by atoms with van der Waals surface area (Å²) in [6.45, 7) is 1.88. The number of methoxy groups -OCH3 is 1. The van der Waals surface area contributed by atoms with E-state index in [-0.39, 0.29) is 12.5 Å². The molecular weight excluding hydrogens is 356 g/mol. The highest BCUT2D eigenvalue weighted by molar-refractivity contribution is 7.85. The predicted octanol–water partition coefficient (Wildman–Crippen LogP) is 2.55. The van der Waals surface area contributed by atoms with Crippen molar-refractivity contribution < 1.29 is 22.5 Å². The van der Waals surface area contributed by atoms with Crippen molar-refractivity contribution in [1.29, 1.82) is 0 Å². The van der Waals surface area contributed by atoms with E-state index in [1.54, 1.807) is 23.1 Å². The Bertz CT molecular complexity index is 853. The van der Waals surface area contributed by atoms with Gasteiger partial charge in [0.25, 0.3) is 10.1 Å². The predicted molar refractivity (Wildman–Crippen MR) is 101 cm³/mol. The Balaban J connectivity index is 2.39.